The van der Waals surface area contributed by atoms with Gasteiger partial charge in [0.2, 0.25) is 0 Å². The van der Waals surface area contributed by atoms with Crippen molar-refractivity contribution in [2.45, 2.75) is 65.5 Å². The van der Waals surface area contributed by atoms with Gasteiger partial charge in [-0.25, -0.2) is 0 Å². The third-order valence-electron chi connectivity index (χ3n) is 4.79. The van der Waals surface area contributed by atoms with Gasteiger partial charge in [0.1, 0.15) is 0 Å². The Morgan fingerprint density at radius 3 is 2.21 bits per heavy atom. The fraction of sp³-hybridized carbons (Fsp3) is 1.00. The van der Waals surface area contributed by atoms with Gasteiger partial charge in [-0.2, -0.15) is 0 Å². The first-order valence-corrected chi connectivity index (χ1v) is 8.12. The van der Waals surface area contributed by atoms with Crippen LogP contribution >= 0.6 is 0 Å². The average molecular weight is 270 g/mol. The molecule has 1 heterocycles. The van der Waals surface area contributed by atoms with Gasteiger partial charge in [-0.1, -0.05) is 20.8 Å². The van der Waals surface area contributed by atoms with Crippen LogP contribution in [0.15, 0.2) is 0 Å². The third-order valence-corrected chi connectivity index (χ3v) is 4.79. The summed E-state index contributed by atoms with van der Waals surface area (Å²) in [6, 6.07) is 0.570. The Kier molecular flexibility index (Phi) is 7.33. The summed E-state index contributed by atoms with van der Waals surface area (Å²) >= 11 is 0. The molecule has 0 bridgehead atoms. The van der Waals surface area contributed by atoms with E-state index in [9.17, 15) is 0 Å². The molecule has 0 aromatic heterocycles. The van der Waals surface area contributed by atoms with Crippen molar-refractivity contribution >= 4 is 0 Å². The second-order valence-electron chi connectivity index (χ2n) is 6.23. The molecule has 0 saturated carbocycles. The number of hydrogen-bond acceptors (Lipinski definition) is 3. The Morgan fingerprint density at radius 2 is 1.74 bits per heavy atom. The number of hydrogen-bond donors (Lipinski definition) is 1. The Bertz CT molecular complexity index is 233. The number of ether oxygens (including phenoxy) is 1. The summed E-state index contributed by atoms with van der Waals surface area (Å²) < 4.78 is 5.49. The Balaban J connectivity index is 2.67. The van der Waals surface area contributed by atoms with Gasteiger partial charge in [0, 0.05) is 24.8 Å². The van der Waals surface area contributed by atoms with E-state index in [-0.39, 0.29) is 5.54 Å². The lowest BCUT2D eigenvalue weighted by Gasteiger charge is -2.45. The van der Waals surface area contributed by atoms with E-state index >= 15 is 0 Å². The molecule has 0 aromatic rings. The molecule has 1 atom stereocenters. The molecule has 0 amide bonds. The fourth-order valence-corrected chi connectivity index (χ4v) is 3.44. The lowest BCUT2D eigenvalue weighted by Crippen LogP contribution is -2.58. The van der Waals surface area contributed by atoms with E-state index in [1.807, 2.05) is 0 Å². The maximum Gasteiger partial charge on any atom is 0.0468 e. The summed E-state index contributed by atoms with van der Waals surface area (Å²) in [7, 11) is 0. The number of nitrogens with zero attached hydrogens (tertiary/aromatic N) is 1. The van der Waals surface area contributed by atoms with Crippen LogP contribution in [0.5, 0.6) is 0 Å². The molecule has 1 rings (SSSR count). The van der Waals surface area contributed by atoms with Crippen molar-refractivity contribution in [3.05, 3.63) is 0 Å². The van der Waals surface area contributed by atoms with Crippen molar-refractivity contribution in [1.82, 2.24) is 10.2 Å². The molecule has 3 heteroatoms. The predicted octanol–water partition coefficient (Wildman–Crippen LogP) is 2.90. The summed E-state index contributed by atoms with van der Waals surface area (Å²) in [5, 5.41) is 3.74. The van der Waals surface area contributed by atoms with Crippen molar-refractivity contribution < 1.29 is 4.74 Å². The van der Waals surface area contributed by atoms with Crippen LogP contribution in [-0.4, -0.2) is 49.3 Å². The summed E-state index contributed by atoms with van der Waals surface area (Å²) in [6.07, 6.45) is 3.74. The summed E-state index contributed by atoms with van der Waals surface area (Å²) in [5.74, 6) is 0.827. The largest absolute Gasteiger partial charge is 0.381 e. The summed E-state index contributed by atoms with van der Waals surface area (Å²) in [5.41, 5.74) is 0.220. The van der Waals surface area contributed by atoms with Gasteiger partial charge < -0.3 is 10.1 Å². The first kappa shape index (κ1) is 16.9. The average Bonchev–Trinajstić information content (AvgIpc) is 2.40. The lowest BCUT2D eigenvalue weighted by atomic mass is 9.82. The van der Waals surface area contributed by atoms with Crippen molar-refractivity contribution in [1.29, 1.82) is 0 Å². The van der Waals surface area contributed by atoms with Crippen LogP contribution in [0.4, 0.5) is 0 Å². The Morgan fingerprint density at radius 1 is 1.16 bits per heavy atom. The van der Waals surface area contributed by atoms with Gasteiger partial charge in [-0.05, 0) is 58.7 Å². The van der Waals surface area contributed by atoms with E-state index in [4.69, 9.17) is 4.74 Å². The molecular weight excluding hydrogens is 236 g/mol. The van der Waals surface area contributed by atoms with Gasteiger partial charge in [-0.3, -0.25) is 4.90 Å². The Labute approximate surface area is 120 Å². The van der Waals surface area contributed by atoms with Crippen molar-refractivity contribution in [3.8, 4) is 0 Å². The van der Waals surface area contributed by atoms with Crippen LogP contribution in [0.2, 0.25) is 0 Å². The quantitative estimate of drug-likeness (QED) is 0.734. The third kappa shape index (κ3) is 4.73. The van der Waals surface area contributed by atoms with Crippen molar-refractivity contribution in [3.63, 3.8) is 0 Å². The van der Waals surface area contributed by atoms with Crippen LogP contribution < -0.4 is 5.32 Å². The van der Waals surface area contributed by atoms with Crippen LogP contribution in [0.3, 0.4) is 0 Å². The molecule has 0 spiro atoms. The SMILES string of the molecule is CCNC(CC1CCOCC1)C(C)(C)N(CC)CC. The second-order valence-corrected chi connectivity index (χ2v) is 6.23. The highest BCUT2D eigenvalue weighted by Crippen LogP contribution is 2.28. The van der Waals surface area contributed by atoms with Crippen LogP contribution in [0.1, 0.15) is 53.9 Å². The summed E-state index contributed by atoms with van der Waals surface area (Å²) in [6.45, 7) is 16.8. The van der Waals surface area contributed by atoms with Gasteiger partial charge in [0.15, 0.2) is 0 Å². The van der Waals surface area contributed by atoms with Gasteiger partial charge in [-0.15, -0.1) is 0 Å². The van der Waals surface area contributed by atoms with E-state index in [0.29, 0.717) is 6.04 Å². The number of nitrogens with one attached hydrogen (secondary N) is 1. The maximum atomic E-state index is 5.49. The smallest absolute Gasteiger partial charge is 0.0468 e. The summed E-state index contributed by atoms with van der Waals surface area (Å²) in [4.78, 5) is 2.58. The van der Waals surface area contributed by atoms with E-state index in [2.05, 4.69) is 44.8 Å². The molecular formula is C16H34N2O. The molecule has 3 nitrogen and oxygen atoms in total. The maximum absolute atomic E-state index is 5.49. The second kappa shape index (κ2) is 8.23. The minimum atomic E-state index is 0.220. The Hall–Kier alpha value is -0.120. The molecule has 1 N–H and O–H groups in total. The first-order valence-electron chi connectivity index (χ1n) is 8.12. The zero-order chi connectivity index (χ0) is 14.3. The minimum absolute atomic E-state index is 0.220. The van der Waals surface area contributed by atoms with E-state index < -0.39 is 0 Å². The van der Waals surface area contributed by atoms with E-state index in [0.717, 1.165) is 38.8 Å². The number of likely N-dealkylation sites (N-methyl/N-ethyl adjacent to an activating group) is 2. The van der Waals surface area contributed by atoms with Crippen LogP contribution in [0.25, 0.3) is 0 Å². The minimum Gasteiger partial charge on any atom is -0.381 e. The lowest BCUT2D eigenvalue weighted by molar-refractivity contribution is 0.0392. The van der Waals surface area contributed by atoms with Gasteiger partial charge in [0.05, 0.1) is 0 Å². The highest BCUT2D eigenvalue weighted by atomic mass is 16.5. The fourth-order valence-electron chi connectivity index (χ4n) is 3.44. The molecule has 0 aromatic carbocycles. The molecule has 1 fully saturated rings. The zero-order valence-electron chi connectivity index (χ0n) is 13.7. The molecule has 1 aliphatic rings. The number of rotatable bonds is 8. The molecule has 1 unspecified atom stereocenters. The van der Waals surface area contributed by atoms with Crippen molar-refractivity contribution in [2.75, 3.05) is 32.8 Å². The van der Waals surface area contributed by atoms with E-state index in [1.54, 1.807) is 0 Å². The highest BCUT2D eigenvalue weighted by molar-refractivity contribution is 4.94. The standard InChI is InChI=1S/C16H34N2O/c1-6-17-15(13-14-9-11-19-12-10-14)16(4,5)18(7-2)8-3/h14-15,17H,6-13H2,1-5H3. The van der Waals surface area contributed by atoms with Crippen molar-refractivity contribution in [2.24, 2.45) is 5.92 Å². The molecule has 0 aliphatic carbocycles. The van der Waals surface area contributed by atoms with Gasteiger partial charge in [0.25, 0.3) is 0 Å². The van der Waals surface area contributed by atoms with E-state index in [1.165, 1.54) is 19.3 Å². The zero-order valence-corrected chi connectivity index (χ0v) is 13.7. The van der Waals surface area contributed by atoms with Gasteiger partial charge >= 0.3 is 0 Å². The predicted molar refractivity (Wildman–Crippen MR) is 82.6 cm³/mol. The topological polar surface area (TPSA) is 24.5 Å². The molecule has 114 valence electrons. The molecule has 1 saturated heterocycles. The molecule has 1 aliphatic heterocycles. The highest BCUT2D eigenvalue weighted by Gasteiger charge is 2.35. The molecule has 0 radical (unpaired) electrons. The monoisotopic (exact) mass is 270 g/mol. The van der Waals surface area contributed by atoms with Crippen LogP contribution in [0, 0.1) is 5.92 Å². The normalized spacial score (nSPS) is 19.9. The van der Waals surface area contributed by atoms with Crippen LogP contribution in [-0.2, 0) is 4.74 Å². The molecule has 19 heavy (non-hydrogen) atoms. The first-order chi connectivity index (χ1) is 9.06.